The normalized spacial score (nSPS) is 14.3. The van der Waals surface area contributed by atoms with Crippen LogP contribution in [0.1, 0.15) is 13.3 Å². The Labute approximate surface area is 83.3 Å². The van der Waals surface area contributed by atoms with Crippen LogP contribution in [-0.4, -0.2) is 35.2 Å². The van der Waals surface area contributed by atoms with Crippen molar-refractivity contribution in [1.29, 1.82) is 0 Å². The second kappa shape index (κ2) is 6.81. The molecule has 3 nitrogen and oxygen atoms in total. The summed E-state index contributed by atoms with van der Waals surface area (Å²) >= 11 is 1.52. The van der Waals surface area contributed by atoms with Gasteiger partial charge in [0.2, 0.25) is 5.91 Å². The summed E-state index contributed by atoms with van der Waals surface area (Å²) in [5.41, 5.74) is 0. The first-order chi connectivity index (χ1) is 6.15. The molecule has 0 saturated carbocycles. The molecule has 0 spiro atoms. The molecule has 0 aromatic carbocycles. The van der Waals surface area contributed by atoms with Crippen LogP contribution >= 0.6 is 11.8 Å². The van der Waals surface area contributed by atoms with Gasteiger partial charge in [0, 0.05) is 11.3 Å². The maximum atomic E-state index is 11.0. The van der Waals surface area contributed by atoms with Crippen LogP contribution in [0.3, 0.4) is 0 Å². The van der Waals surface area contributed by atoms with Crippen molar-refractivity contribution >= 4 is 17.7 Å². The molecular weight excluding hydrogens is 186 g/mol. The lowest BCUT2D eigenvalue weighted by molar-refractivity contribution is -0.120. The zero-order valence-corrected chi connectivity index (χ0v) is 8.73. The Morgan fingerprint density at radius 3 is 2.77 bits per heavy atom. The molecule has 0 aliphatic carbocycles. The van der Waals surface area contributed by atoms with Crippen molar-refractivity contribution in [2.45, 2.75) is 24.6 Å². The third kappa shape index (κ3) is 4.81. The summed E-state index contributed by atoms with van der Waals surface area (Å²) < 4.78 is 0. The molecule has 4 heteroatoms. The topological polar surface area (TPSA) is 49.3 Å². The molecule has 0 aliphatic rings. The van der Waals surface area contributed by atoms with Crippen LogP contribution in [0, 0.1) is 12.3 Å². The molecule has 0 aromatic rings. The fraction of sp³-hybridized carbons (Fsp3) is 0.667. The first-order valence-electron chi connectivity index (χ1n) is 4.02. The van der Waals surface area contributed by atoms with Gasteiger partial charge in [0.15, 0.2) is 0 Å². The number of hydrogen-bond donors (Lipinski definition) is 2. The quantitative estimate of drug-likeness (QED) is 0.626. The van der Waals surface area contributed by atoms with Gasteiger partial charge < -0.3 is 10.4 Å². The lowest BCUT2D eigenvalue weighted by Gasteiger charge is -2.20. The molecule has 2 N–H and O–H groups in total. The molecule has 1 amide bonds. The summed E-state index contributed by atoms with van der Waals surface area (Å²) in [7, 11) is 0. The van der Waals surface area contributed by atoms with Crippen LogP contribution in [0.25, 0.3) is 0 Å². The molecule has 0 rings (SSSR count). The Morgan fingerprint density at radius 1 is 1.77 bits per heavy atom. The van der Waals surface area contributed by atoms with E-state index in [0.29, 0.717) is 0 Å². The molecule has 0 saturated heterocycles. The number of hydrogen-bond acceptors (Lipinski definition) is 3. The van der Waals surface area contributed by atoms with Gasteiger partial charge in [0.1, 0.15) is 0 Å². The molecular formula is C9H15NO2S. The Kier molecular flexibility index (Phi) is 6.47. The van der Waals surface area contributed by atoms with E-state index in [1.54, 1.807) is 0 Å². The van der Waals surface area contributed by atoms with Crippen LogP contribution in [0.5, 0.6) is 0 Å². The molecule has 2 unspecified atom stereocenters. The average Bonchev–Trinajstić information content (AvgIpc) is 2.06. The van der Waals surface area contributed by atoms with Gasteiger partial charge in [-0.2, -0.15) is 11.8 Å². The average molecular weight is 201 g/mol. The predicted octanol–water partition coefficient (Wildman–Crippen LogP) is 0.238. The van der Waals surface area contributed by atoms with E-state index in [2.05, 4.69) is 11.2 Å². The van der Waals surface area contributed by atoms with E-state index >= 15 is 0 Å². The van der Waals surface area contributed by atoms with Gasteiger partial charge in [-0.1, -0.05) is 5.92 Å². The predicted molar refractivity (Wildman–Crippen MR) is 55.4 cm³/mol. The number of rotatable bonds is 5. The number of aliphatic hydroxyl groups excluding tert-OH is 1. The van der Waals surface area contributed by atoms with Gasteiger partial charge in [-0.25, -0.2) is 0 Å². The lowest BCUT2D eigenvalue weighted by Crippen LogP contribution is -2.41. The second-order valence-corrected chi connectivity index (χ2v) is 3.77. The number of aliphatic hydroxyl groups is 1. The van der Waals surface area contributed by atoms with Crippen molar-refractivity contribution in [3.8, 4) is 12.3 Å². The summed E-state index contributed by atoms with van der Waals surface area (Å²) in [6.45, 7) is 1.91. The Balaban J connectivity index is 3.91. The molecule has 2 atom stereocenters. The highest BCUT2D eigenvalue weighted by Crippen LogP contribution is 2.09. The van der Waals surface area contributed by atoms with Crippen molar-refractivity contribution in [3.63, 3.8) is 0 Å². The van der Waals surface area contributed by atoms with E-state index in [1.165, 1.54) is 11.8 Å². The highest BCUT2D eigenvalue weighted by molar-refractivity contribution is 7.99. The smallest absolute Gasteiger partial charge is 0.232 e. The van der Waals surface area contributed by atoms with Gasteiger partial charge in [0.05, 0.1) is 13.0 Å². The summed E-state index contributed by atoms with van der Waals surface area (Å²) in [6, 6.07) is -0.0548. The number of carbonyl (C=O) groups excluding carboxylic acids is 1. The molecule has 74 valence electrons. The third-order valence-corrected chi connectivity index (χ3v) is 2.85. The highest BCUT2D eigenvalue weighted by atomic mass is 32.2. The van der Waals surface area contributed by atoms with Gasteiger partial charge in [-0.3, -0.25) is 4.79 Å². The molecule has 0 radical (unpaired) electrons. The van der Waals surface area contributed by atoms with E-state index in [1.807, 2.05) is 13.2 Å². The van der Waals surface area contributed by atoms with Crippen LogP contribution in [0.4, 0.5) is 0 Å². The number of terminal acetylenes is 1. The van der Waals surface area contributed by atoms with E-state index in [9.17, 15) is 4.79 Å². The minimum atomic E-state index is -0.164. The SMILES string of the molecule is C#CCC(=O)NC(C)C(CO)SC. The standard InChI is InChI=1S/C9H15NO2S/c1-4-5-9(12)10-7(2)8(6-11)13-3/h1,7-8,11H,5-6H2,2-3H3,(H,10,12). The van der Waals surface area contributed by atoms with Crippen molar-refractivity contribution in [2.75, 3.05) is 12.9 Å². The zero-order valence-electron chi connectivity index (χ0n) is 7.91. The Morgan fingerprint density at radius 2 is 2.38 bits per heavy atom. The molecule has 0 fully saturated rings. The van der Waals surface area contributed by atoms with E-state index in [-0.39, 0.29) is 30.2 Å². The van der Waals surface area contributed by atoms with E-state index in [0.717, 1.165) is 0 Å². The van der Waals surface area contributed by atoms with E-state index in [4.69, 9.17) is 11.5 Å². The molecule has 13 heavy (non-hydrogen) atoms. The molecule has 0 aromatic heterocycles. The molecule has 0 bridgehead atoms. The fourth-order valence-corrected chi connectivity index (χ4v) is 1.55. The first-order valence-corrected chi connectivity index (χ1v) is 5.31. The van der Waals surface area contributed by atoms with Crippen molar-refractivity contribution in [3.05, 3.63) is 0 Å². The molecule has 0 aliphatic heterocycles. The highest BCUT2D eigenvalue weighted by Gasteiger charge is 2.16. The van der Waals surface area contributed by atoms with Crippen LogP contribution < -0.4 is 5.32 Å². The summed E-state index contributed by atoms with van der Waals surface area (Å²) in [4.78, 5) is 11.0. The Hall–Kier alpha value is -0.660. The van der Waals surface area contributed by atoms with E-state index < -0.39 is 0 Å². The monoisotopic (exact) mass is 201 g/mol. The summed E-state index contributed by atoms with van der Waals surface area (Å²) in [6.07, 6.45) is 6.97. The Bertz CT molecular complexity index is 196. The summed E-state index contributed by atoms with van der Waals surface area (Å²) in [5.74, 6) is 2.10. The number of nitrogens with one attached hydrogen (secondary N) is 1. The largest absolute Gasteiger partial charge is 0.395 e. The maximum absolute atomic E-state index is 11.0. The first kappa shape index (κ1) is 12.3. The lowest BCUT2D eigenvalue weighted by atomic mass is 10.2. The van der Waals surface area contributed by atoms with Crippen molar-refractivity contribution in [1.82, 2.24) is 5.32 Å². The van der Waals surface area contributed by atoms with Crippen LogP contribution in [0.15, 0.2) is 0 Å². The maximum Gasteiger partial charge on any atom is 0.232 e. The van der Waals surface area contributed by atoms with Crippen molar-refractivity contribution in [2.24, 2.45) is 0 Å². The second-order valence-electron chi connectivity index (χ2n) is 2.69. The zero-order chi connectivity index (χ0) is 10.3. The third-order valence-electron chi connectivity index (χ3n) is 1.69. The summed E-state index contributed by atoms with van der Waals surface area (Å²) in [5, 5.41) is 11.7. The number of amides is 1. The minimum Gasteiger partial charge on any atom is -0.395 e. The van der Waals surface area contributed by atoms with Gasteiger partial charge in [0.25, 0.3) is 0 Å². The van der Waals surface area contributed by atoms with Gasteiger partial charge in [-0.05, 0) is 13.2 Å². The van der Waals surface area contributed by atoms with Crippen molar-refractivity contribution < 1.29 is 9.90 Å². The van der Waals surface area contributed by atoms with Gasteiger partial charge in [-0.15, -0.1) is 6.42 Å². The number of carbonyl (C=O) groups is 1. The molecule has 0 heterocycles. The number of thioether (sulfide) groups is 1. The minimum absolute atomic E-state index is 0.0294. The van der Waals surface area contributed by atoms with Crippen LogP contribution in [0.2, 0.25) is 0 Å². The van der Waals surface area contributed by atoms with Crippen LogP contribution in [-0.2, 0) is 4.79 Å². The fourth-order valence-electron chi connectivity index (χ4n) is 0.927. The van der Waals surface area contributed by atoms with Gasteiger partial charge >= 0.3 is 0 Å².